The van der Waals surface area contributed by atoms with Crippen LogP contribution in [0.2, 0.25) is 0 Å². The van der Waals surface area contributed by atoms with Crippen molar-refractivity contribution in [3.05, 3.63) is 35.4 Å². The van der Waals surface area contributed by atoms with Crippen LogP contribution >= 0.6 is 0 Å². The van der Waals surface area contributed by atoms with Crippen LogP contribution in [0.5, 0.6) is 0 Å². The number of amides is 1. The van der Waals surface area contributed by atoms with Crippen molar-refractivity contribution in [3.8, 4) is 0 Å². The molecule has 0 radical (unpaired) electrons. The number of rotatable bonds is 8. The first-order valence-corrected chi connectivity index (χ1v) is 6.21. The number of hydrogen-bond donors (Lipinski definition) is 2. The van der Waals surface area contributed by atoms with Crippen LogP contribution in [0.4, 0.5) is 0 Å². The van der Waals surface area contributed by atoms with Crippen molar-refractivity contribution in [2.45, 2.75) is 19.1 Å². The Hall–Kier alpha value is -1.43. The molecule has 0 heterocycles. The minimum absolute atomic E-state index is 0.155. The summed E-state index contributed by atoms with van der Waals surface area (Å²) in [7, 11) is 3.12. The topological polar surface area (TPSA) is 67.8 Å². The van der Waals surface area contributed by atoms with Crippen molar-refractivity contribution in [1.29, 1.82) is 0 Å². The fourth-order valence-corrected chi connectivity index (χ4v) is 1.75. The molecule has 0 spiro atoms. The Bertz CT molecular complexity index is 395. The zero-order chi connectivity index (χ0) is 14.1. The quantitative estimate of drug-likeness (QED) is 0.736. The summed E-state index contributed by atoms with van der Waals surface area (Å²) >= 11 is 0. The Morgan fingerprint density at radius 2 is 2.05 bits per heavy atom. The smallest absolute Gasteiger partial charge is 0.251 e. The lowest BCUT2D eigenvalue weighted by Gasteiger charge is -2.12. The van der Waals surface area contributed by atoms with Gasteiger partial charge in [0.05, 0.1) is 19.3 Å². The zero-order valence-electron chi connectivity index (χ0n) is 11.4. The lowest BCUT2D eigenvalue weighted by atomic mass is 10.1. The van der Waals surface area contributed by atoms with Crippen molar-refractivity contribution < 1.29 is 19.4 Å². The van der Waals surface area contributed by atoms with Crippen LogP contribution in [0.15, 0.2) is 24.3 Å². The van der Waals surface area contributed by atoms with Crippen LogP contribution in [-0.4, -0.2) is 44.5 Å². The van der Waals surface area contributed by atoms with E-state index in [0.717, 1.165) is 5.56 Å². The van der Waals surface area contributed by atoms with Gasteiger partial charge in [0.25, 0.3) is 5.91 Å². The number of ether oxygens (including phenoxy) is 2. The van der Waals surface area contributed by atoms with Gasteiger partial charge >= 0.3 is 0 Å². The Labute approximate surface area is 113 Å². The van der Waals surface area contributed by atoms with Crippen molar-refractivity contribution in [2.75, 3.05) is 27.4 Å². The molecule has 0 saturated carbocycles. The Morgan fingerprint density at radius 1 is 1.32 bits per heavy atom. The third kappa shape index (κ3) is 5.38. The predicted octanol–water partition coefficient (Wildman–Crippen LogP) is 0.960. The van der Waals surface area contributed by atoms with Gasteiger partial charge in [-0.15, -0.1) is 0 Å². The lowest BCUT2D eigenvalue weighted by molar-refractivity contribution is 0.0587. The molecule has 0 aliphatic carbocycles. The van der Waals surface area contributed by atoms with Gasteiger partial charge in [-0.3, -0.25) is 4.79 Å². The van der Waals surface area contributed by atoms with Crippen molar-refractivity contribution in [1.82, 2.24) is 5.32 Å². The van der Waals surface area contributed by atoms with Gasteiger partial charge in [0.15, 0.2) is 0 Å². The highest BCUT2D eigenvalue weighted by atomic mass is 16.5. The first-order chi connectivity index (χ1) is 9.19. The molecule has 1 amide bonds. The number of hydrogen-bond acceptors (Lipinski definition) is 4. The number of aliphatic hydroxyl groups is 1. The molecule has 0 aliphatic rings. The van der Waals surface area contributed by atoms with E-state index in [-0.39, 0.29) is 12.5 Å². The molecule has 1 unspecified atom stereocenters. The van der Waals surface area contributed by atoms with Crippen LogP contribution in [-0.2, 0) is 16.1 Å². The predicted molar refractivity (Wildman–Crippen MR) is 72.0 cm³/mol. The van der Waals surface area contributed by atoms with Crippen LogP contribution < -0.4 is 5.32 Å². The molecular formula is C14H21NO4. The van der Waals surface area contributed by atoms with Gasteiger partial charge in [-0.2, -0.15) is 0 Å². The second kappa shape index (κ2) is 8.63. The van der Waals surface area contributed by atoms with Gasteiger partial charge in [0, 0.05) is 26.3 Å². The third-order valence-corrected chi connectivity index (χ3v) is 2.68. The average molecular weight is 267 g/mol. The summed E-state index contributed by atoms with van der Waals surface area (Å²) in [6, 6.07) is 7.30. The third-order valence-electron chi connectivity index (χ3n) is 2.68. The fourth-order valence-electron chi connectivity index (χ4n) is 1.75. The highest BCUT2D eigenvalue weighted by Crippen LogP contribution is 2.09. The van der Waals surface area contributed by atoms with Gasteiger partial charge in [-0.05, 0) is 18.1 Å². The number of nitrogens with one attached hydrogen (secondary N) is 1. The van der Waals surface area contributed by atoms with E-state index >= 15 is 0 Å². The summed E-state index contributed by atoms with van der Waals surface area (Å²) in [5, 5.41) is 12.3. The number of aliphatic hydroxyl groups excluding tert-OH is 1. The molecule has 2 N–H and O–H groups in total. The molecule has 0 saturated heterocycles. The maximum Gasteiger partial charge on any atom is 0.251 e. The van der Waals surface area contributed by atoms with E-state index < -0.39 is 6.10 Å². The summed E-state index contributed by atoms with van der Waals surface area (Å²) in [5.41, 5.74) is 1.45. The maximum atomic E-state index is 12.0. The van der Waals surface area contributed by atoms with Crippen LogP contribution in [0.3, 0.4) is 0 Å². The molecule has 0 bridgehead atoms. The van der Waals surface area contributed by atoms with Crippen molar-refractivity contribution in [2.24, 2.45) is 0 Å². The molecule has 1 rings (SSSR count). The highest BCUT2D eigenvalue weighted by Gasteiger charge is 2.11. The molecule has 0 aromatic heterocycles. The molecule has 106 valence electrons. The van der Waals surface area contributed by atoms with Crippen LogP contribution in [0, 0.1) is 0 Å². The summed E-state index contributed by atoms with van der Waals surface area (Å²) in [5.74, 6) is -0.155. The Morgan fingerprint density at radius 3 is 2.74 bits per heavy atom. The van der Waals surface area contributed by atoms with E-state index in [4.69, 9.17) is 9.47 Å². The molecule has 19 heavy (non-hydrogen) atoms. The highest BCUT2D eigenvalue weighted by molar-refractivity contribution is 5.95. The summed E-state index contributed by atoms with van der Waals surface area (Å²) in [6.45, 7) is 1.08. The standard InChI is InChI=1S/C14H21NO4/c1-18-9-11-5-3-4-6-13(11)14(17)15-8-7-12(16)10-19-2/h3-6,12,16H,7-10H2,1-2H3,(H,15,17). The molecular weight excluding hydrogens is 246 g/mol. The second-order valence-corrected chi connectivity index (χ2v) is 4.24. The maximum absolute atomic E-state index is 12.0. The molecule has 1 atom stereocenters. The largest absolute Gasteiger partial charge is 0.391 e. The Kier molecular flexibility index (Phi) is 7.10. The SMILES string of the molecule is COCc1ccccc1C(=O)NCCC(O)COC. The van der Waals surface area contributed by atoms with Gasteiger partial charge in [-0.1, -0.05) is 18.2 Å². The minimum Gasteiger partial charge on any atom is -0.391 e. The minimum atomic E-state index is -0.556. The van der Waals surface area contributed by atoms with Gasteiger partial charge < -0.3 is 19.9 Å². The van der Waals surface area contributed by atoms with Crippen molar-refractivity contribution >= 4 is 5.91 Å². The average Bonchev–Trinajstić information content (AvgIpc) is 2.40. The van der Waals surface area contributed by atoms with E-state index in [0.29, 0.717) is 25.1 Å². The normalized spacial score (nSPS) is 12.2. The monoisotopic (exact) mass is 267 g/mol. The van der Waals surface area contributed by atoms with Gasteiger partial charge in [-0.25, -0.2) is 0 Å². The number of benzene rings is 1. The number of carbonyl (C=O) groups excluding carboxylic acids is 1. The summed E-state index contributed by atoms with van der Waals surface area (Å²) in [4.78, 5) is 12.0. The fraction of sp³-hybridized carbons (Fsp3) is 0.500. The molecule has 1 aromatic rings. The van der Waals surface area contributed by atoms with E-state index in [1.165, 1.54) is 7.11 Å². The molecule has 0 fully saturated rings. The Balaban J connectivity index is 2.49. The van der Waals surface area contributed by atoms with Crippen molar-refractivity contribution in [3.63, 3.8) is 0 Å². The molecule has 5 nitrogen and oxygen atoms in total. The van der Waals surface area contributed by atoms with E-state index in [2.05, 4.69) is 5.32 Å². The van der Waals surface area contributed by atoms with E-state index in [9.17, 15) is 9.90 Å². The van der Waals surface area contributed by atoms with Crippen LogP contribution in [0.1, 0.15) is 22.3 Å². The van der Waals surface area contributed by atoms with E-state index in [1.807, 2.05) is 18.2 Å². The number of carbonyl (C=O) groups is 1. The van der Waals surface area contributed by atoms with Gasteiger partial charge in [0.2, 0.25) is 0 Å². The summed E-state index contributed by atoms with van der Waals surface area (Å²) < 4.78 is 9.87. The molecule has 1 aromatic carbocycles. The first-order valence-electron chi connectivity index (χ1n) is 6.21. The van der Waals surface area contributed by atoms with Crippen LogP contribution in [0.25, 0.3) is 0 Å². The molecule has 0 aliphatic heterocycles. The molecule has 5 heteroatoms. The zero-order valence-corrected chi connectivity index (χ0v) is 11.4. The van der Waals surface area contributed by atoms with E-state index in [1.54, 1.807) is 13.2 Å². The summed E-state index contributed by atoms with van der Waals surface area (Å²) in [6.07, 6.45) is -0.0917. The number of methoxy groups -OCH3 is 2. The second-order valence-electron chi connectivity index (χ2n) is 4.24. The van der Waals surface area contributed by atoms with Gasteiger partial charge in [0.1, 0.15) is 0 Å². The lowest BCUT2D eigenvalue weighted by Crippen LogP contribution is -2.29. The first kappa shape index (κ1) is 15.6.